The van der Waals surface area contributed by atoms with Crippen LogP contribution in [0.25, 0.3) is 0 Å². The quantitative estimate of drug-likeness (QED) is 0.747. The van der Waals surface area contributed by atoms with Crippen LogP contribution in [0.4, 0.5) is 0 Å². The number of hydrogen-bond acceptors (Lipinski definition) is 2. The van der Waals surface area contributed by atoms with Gasteiger partial charge in [-0.2, -0.15) is 0 Å². The van der Waals surface area contributed by atoms with Gasteiger partial charge in [0.05, 0.1) is 0 Å². The normalized spacial score (nSPS) is 12.8. The van der Waals surface area contributed by atoms with Gasteiger partial charge in [0.15, 0.2) is 0 Å². The molecule has 0 fully saturated rings. The largest absolute Gasteiger partial charge is 0.466 e. The van der Waals surface area contributed by atoms with Gasteiger partial charge in [-0.1, -0.05) is 19.1 Å². The molecule has 1 unspecified atom stereocenters. The van der Waals surface area contributed by atoms with Crippen LogP contribution in [0.15, 0.2) is 22.6 Å². The third kappa shape index (κ3) is 2.96. The molecule has 1 aromatic rings. The summed E-state index contributed by atoms with van der Waals surface area (Å²) >= 11 is 0. The maximum absolute atomic E-state index is 5.54. The standard InChI is InChI=1S/C13H21NO/c1-6-9(2)7-13(14-5)12-8-10(3)15-11(12)4/h8,13-14H,2,6-7H2,1,3-5H3. The molecule has 0 aliphatic carbocycles. The summed E-state index contributed by atoms with van der Waals surface area (Å²) < 4.78 is 5.54. The summed E-state index contributed by atoms with van der Waals surface area (Å²) in [5.41, 5.74) is 2.53. The molecule has 0 aliphatic heterocycles. The molecule has 0 saturated carbocycles. The van der Waals surface area contributed by atoms with Gasteiger partial charge < -0.3 is 9.73 Å². The lowest BCUT2D eigenvalue weighted by Gasteiger charge is -2.16. The lowest BCUT2D eigenvalue weighted by Crippen LogP contribution is -2.17. The minimum atomic E-state index is 0.329. The van der Waals surface area contributed by atoms with Crippen LogP contribution in [-0.2, 0) is 0 Å². The lowest BCUT2D eigenvalue weighted by molar-refractivity contribution is 0.489. The molecule has 2 nitrogen and oxygen atoms in total. The van der Waals surface area contributed by atoms with Crippen molar-refractivity contribution in [3.8, 4) is 0 Å². The SMILES string of the molecule is C=C(CC)CC(NC)c1cc(C)oc1C. The third-order valence-corrected chi connectivity index (χ3v) is 2.80. The molecule has 0 aromatic carbocycles. The highest BCUT2D eigenvalue weighted by atomic mass is 16.3. The van der Waals surface area contributed by atoms with Crippen molar-refractivity contribution in [1.82, 2.24) is 5.32 Å². The predicted molar refractivity (Wildman–Crippen MR) is 64.0 cm³/mol. The van der Waals surface area contributed by atoms with Crippen molar-refractivity contribution in [2.75, 3.05) is 7.05 Å². The Bertz CT molecular complexity index is 338. The molecule has 0 saturated heterocycles. The Hall–Kier alpha value is -1.02. The van der Waals surface area contributed by atoms with Crippen molar-refractivity contribution in [1.29, 1.82) is 0 Å². The number of nitrogens with one attached hydrogen (secondary N) is 1. The van der Waals surface area contributed by atoms with Crippen molar-refractivity contribution in [2.24, 2.45) is 0 Å². The molecular formula is C13H21NO. The number of furan rings is 1. The summed E-state index contributed by atoms with van der Waals surface area (Å²) in [6.45, 7) is 10.2. The summed E-state index contributed by atoms with van der Waals surface area (Å²) in [6.07, 6.45) is 2.01. The number of aryl methyl sites for hydroxylation is 2. The fraction of sp³-hybridized carbons (Fsp3) is 0.538. The van der Waals surface area contributed by atoms with Crippen LogP contribution in [0.5, 0.6) is 0 Å². The Labute approximate surface area is 92.4 Å². The zero-order valence-electron chi connectivity index (χ0n) is 10.2. The summed E-state index contributed by atoms with van der Waals surface area (Å²) in [5.74, 6) is 1.99. The van der Waals surface area contributed by atoms with Gasteiger partial charge in [-0.25, -0.2) is 0 Å². The molecule has 0 spiro atoms. The van der Waals surface area contributed by atoms with Crippen LogP contribution in [0, 0.1) is 13.8 Å². The van der Waals surface area contributed by atoms with Gasteiger partial charge in [-0.15, -0.1) is 0 Å². The molecular weight excluding hydrogens is 186 g/mol. The Morgan fingerprint density at radius 2 is 2.20 bits per heavy atom. The van der Waals surface area contributed by atoms with E-state index in [1.54, 1.807) is 0 Å². The summed E-state index contributed by atoms with van der Waals surface area (Å²) in [4.78, 5) is 0. The first-order valence-electron chi connectivity index (χ1n) is 5.49. The van der Waals surface area contributed by atoms with Gasteiger partial charge in [0.1, 0.15) is 11.5 Å². The van der Waals surface area contributed by atoms with E-state index in [9.17, 15) is 0 Å². The molecule has 1 atom stereocenters. The Kier molecular flexibility index (Phi) is 4.15. The van der Waals surface area contributed by atoms with E-state index >= 15 is 0 Å². The Morgan fingerprint density at radius 3 is 2.60 bits per heavy atom. The van der Waals surface area contributed by atoms with E-state index in [4.69, 9.17) is 4.42 Å². The van der Waals surface area contributed by atoms with E-state index in [1.807, 2.05) is 20.9 Å². The molecule has 0 amide bonds. The fourth-order valence-corrected chi connectivity index (χ4v) is 1.80. The zero-order chi connectivity index (χ0) is 11.4. The minimum absolute atomic E-state index is 0.329. The van der Waals surface area contributed by atoms with Gasteiger partial charge in [0.25, 0.3) is 0 Å². The van der Waals surface area contributed by atoms with Crippen molar-refractivity contribution in [3.05, 3.63) is 35.3 Å². The van der Waals surface area contributed by atoms with Crippen molar-refractivity contribution in [3.63, 3.8) is 0 Å². The van der Waals surface area contributed by atoms with Gasteiger partial charge >= 0.3 is 0 Å². The first kappa shape index (κ1) is 12.1. The van der Waals surface area contributed by atoms with Crippen LogP contribution in [0.1, 0.15) is 42.9 Å². The van der Waals surface area contributed by atoms with E-state index < -0.39 is 0 Å². The van der Waals surface area contributed by atoms with Gasteiger partial charge in [0, 0.05) is 11.6 Å². The third-order valence-electron chi connectivity index (χ3n) is 2.80. The number of hydrogen-bond donors (Lipinski definition) is 1. The highest BCUT2D eigenvalue weighted by molar-refractivity contribution is 5.25. The van der Waals surface area contributed by atoms with E-state index in [-0.39, 0.29) is 0 Å². The van der Waals surface area contributed by atoms with E-state index in [2.05, 4.69) is 24.9 Å². The number of rotatable bonds is 5. The maximum atomic E-state index is 5.54. The van der Waals surface area contributed by atoms with Crippen LogP contribution < -0.4 is 5.32 Å². The van der Waals surface area contributed by atoms with Crippen molar-refractivity contribution < 1.29 is 4.42 Å². The van der Waals surface area contributed by atoms with Gasteiger partial charge in [0.2, 0.25) is 0 Å². The second-order valence-corrected chi connectivity index (χ2v) is 4.02. The molecule has 15 heavy (non-hydrogen) atoms. The van der Waals surface area contributed by atoms with Crippen LogP contribution in [-0.4, -0.2) is 7.05 Å². The Morgan fingerprint density at radius 1 is 1.53 bits per heavy atom. The smallest absolute Gasteiger partial charge is 0.105 e. The molecule has 0 bridgehead atoms. The van der Waals surface area contributed by atoms with Gasteiger partial charge in [-0.05, 0) is 39.8 Å². The highest BCUT2D eigenvalue weighted by Gasteiger charge is 2.15. The molecule has 2 heteroatoms. The summed E-state index contributed by atoms with van der Waals surface area (Å²) in [5, 5.41) is 3.32. The van der Waals surface area contributed by atoms with Crippen molar-refractivity contribution in [2.45, 2.75) is 39.7 Å². The molecule has 1 heterocycles. The molecule has 0 aliphatic rings. The first-order valence-corrected chi connectivity index (χ1v) is 5.49. The molecule has 1 rings (SSSR count). The van der Waals surface area contributed by atoms with E-state index in [0.717, 1.165) is 24.4 Å². The summed E-state index contributed by atoms with van der Waals surface area (Å²) in [7, 11) is 1.98. The van der Waals surface area contributed by atoms with E-state index in [1.165, 1.54) is 11.1 Å². The summed E-state index contributed by atoms with van der Waals surface area (Å²) in [6, 6.07) is 2.44. The van der Waals surface area contributed by atoms with Gasteiger partial charge in [-0.3, -0.25) is 0 Å². The Balaban J connectivity index is 2.82. The van der Waals surface area contributed by atoms with E-state index in [0.29, 0.717) is 6.04 Å². The fourth-order valence-electron chi connectivity index (χ4n) is 1.80. The second-order valence-electron chi connectivity index (χ2n) is 4.02. The molecule has 1 N–H and O–H groups in total. The molecule has 0 radical (unpaired) electrons. The van der Waals surface area contributed by atoms with Crippen LogP contribution >= 0.6 is 0 Å². The highest BCUT2D eigenvalue weighted by Crippen LogP contribution is 2.26. The average molecular weight is 207 g/mol. The topological polar surface area (TPSA) is 25.2 Å². The molecule has 1 aromatic heterocycles. The lowest BCUT2D eigenvalue weighted by atomic mass is 9.99. The van der Waals surface area contributed by atoms with Crippen LogP contribution in [0.3, 0.4) is 0 Å². The second kappa shape index (κ2) is 5.17. The maximum Gasteiger partial charge on any atom is 0.105 e. The molecule has 84 valence electrons. The first-order chi connectivity index (χ1) is 7.08. The van der Waals surface area contributed by atoms with Crippen LogP contribution in [0.2, 0.25) is 0 Å². The average Bonchev–Trinajstić information content (AvgIpc) is 2.54. The monoisotopic (exact) mass is 207 g/mol. The van der Waals surface area contributed by atoms with Crippen molar-refractivity contribution >= 4 is 0 Å². The minimum Gasteiger partial charge on any atom is -0.466 e. The predicted octanol–water partition coefficient (Wildman–Crippen LogP) is 3.51. The zero-order valence-corrected chi connectivity index (χ0v) is 10.2.